The Morgan fingerprint density at radius 1 is 1.16 bits per heavy atom. The summed E-state index contributed by atoms with van der Waals surface area (Å²) in [5.74, 6) is -0.553. The lowest BCUT2D eigenvalue weighted by Crippen LogP contribution is -2.47. The number of carbonyl (C=O) groups excluding carboxylic acids is 2. The Balaban J connectivity index is 2.33. The van der Waals surface area contributed by atoms with Crippen LogP contribution >= 0.6 is 0 Å². The van der Waals surface area contributed by atoms with E-state index in [2.05, 4.69) is 6.58 Å². The lowest BCUT2D eigenvalue weighted by molar-refractivity contribution is -0.150. The number of esters is 1. The van der Waals surface area contributed by atoms with Crippen LogP contribution in [0.5, 0.6) is 5.75 Å². The number of amides is 1. The van der Waals surface area contributed by atoms with E-state index in [1.165, 1.54) is 18.1 Å². The van der Waals surface area contributed by atoms with Crippen LogP contribution in [0, 0.1) is 0 Å². The molecule has 2 aromatic rings. The van der Waals surface area contributed by atoms with E-state index in [9.17, 15) is 9.59 Å². The van der Waals surface area contributed by atoms with Crippen molar-refractivity contribution in [2.45, 2.75) is 5.41 Å². The number of benzene rings is 2. The molecule has 25 heavy (non-hydrogen) atoms. The molecule has 0 bridgehead atoms. The first-order chi connectivity index (χ1) is 12.1. The second kappa shape index (κ2) is 6.43. The minimum atomic E-state index is -1.60. The topological polar surface area (TPSA) is 55.8 Å². The number of para-hydroxylation sites is 2. The lowest BCUT2D eigenvalue weighted by atomic mass is 9.75. The van der Waals surface area contributed by atoms with Crippen molar-refractivity contribution in [2.75, 3.05) is 25.7 Å². The Morgan fingerprint density at radius 2 is 1.80 bits per heavy atom. The summed E-state index contributed by atoms with van der Waals surface area (Å²) in [6, 6.07) is 14.2. The molecule has 128 valence electrons. The minimum Gasteiger partial charge on any atom is -0.496 e. The first-order valence-electron chi connectivity index (χ1n) is 7.88. The predicted molar refractivity (Wildman–Crippen MR) is 94.8 cm³/mol. The molecule has 1 atom stereocenters. The van der Waals surface area contributed by atoms with E-state index >= 15 is 0 Å². The van der Waals surface area contributed by atoms with Crippen LogP contribution in [-0.4, -0.2) is 32.6 Å². The molecule has 0 aliphatic carbocycles. The van der Waals surface area contributed by atoms with Crippen molar-refractivity contribution >= 4 is 17.6 Å². The molecular formula is C20H19NO4. The van der Waals surface area contributed by atoms with E-state index in [1.807, 2.05) is 12.1 Å². The predicted octanol–water partition coefficient (Wildman–Crippen LogP) is 2.69. The summed E-state index contributed by atoms with van der Waals surface area (Å²) in [6.07, 6.45) is 1.48. The number of hydrogen-bond donors (Lipinski definition) is 0. The fourth-order valence-corrected chi connectivity index (χ4v) is 3.32. The normalized spacial score (nSPS) is 18.6. The number of methoxy groups -OCH3 is 1. The molecular weight excluding hydrogens is 318 g/mol. The van der Waals surface area contributed by atoms with Gasteiger partial charge in [0.05, 0.1) is 7.11 Å². The molecule has 0 N–H and O–H groups in total. The highest BCUT2D eigenvalue weighted by Crippen LogP contribution is 2.48. The molecule has 5 heteroatoms. The average Bonchev–Trinajstić information content (AvgIpc) is 2.88. The van der Waals surface area contributed by atoms with Gasteiger partial charge in [-0.3, -0.25) is 9.59 Å². The maximum atomic E-state index is 13.3. The van der Waals surface area contributed by atoms with Crippen molar-refractivity contribution in [2.24, 2.45) is 0 Å². The van der Waals surface area contributed by atoms with Gasteiger partial charge in [0.15, 0.2) is 0 Å². The molecule has 3 rings (SSSR count). The van der Waals surface area contributed by atoms with Gasteiger partial charge < -0.3 is 14.4 Å². The first kappa shape index (κ1) is 16.8. The summed E-state index contributed by atoms with van der Waals surface area (Å²) in [5, 5.41) is 0. The van der Waals surface area contributed by atoms with E-state index in [-0.39, 0.29) is 12.5 Å². The van der Waals surface area contributed by atoms with Crippen LogP contribution in [0.3, 0.4) is 0 Å². The van der Waals surface area contributed by atoms with Crippen LogP contribution in [0.25, 0.3) is 0 Å². The lowest BCUT2D eigenvalue weighted by Gasteiger charge is -2.28. The third-order valence-corrected chi connectivity index (χ3v) is 4.44. The molecule has 0 saturated carbocycles. The molecule has 0 saturated heterocycles. The van der Waals surface area contributed by atoms with E-state index in [4.69, 9.17) is 9.47 Å². The second-order valence-electron chi connectivity index (χ2n) is 5.72. The summed E-state index contributed by atoms with van der Waals surface area (Å²) in [4.78, 5) is 27.9. The number of likely N-dealkylation sites (N-methyl/N-ethyl adjacent to an activating group) is 1. The largest absolute Gasteiger partial charge is 0.496 e. The molecule has 1 aliphatic heterocycles. The highest BCUT2D eigenvalue weighted by Gasteiger charge is 2.59. The number of ether oxygens (including phenoxy) is 2. The van der Waals surface area contributed by atoms with Crippen molar-refractivity contribution < 1.29 is 19.1 Å². The van der Waals surface area contributed by atoms with Gasteiger partial charge in [-0.05, 0) is 12.1 Å². The van der Waals surface area contributed by atoms with Crippen LogP contribution in [0.1, 0.15) is 11.1 Å². The number of nitrogens with zero attached hydrogens (tertiary/aromatic N) is 1. The maximum absolute atomic E-state index is 13.3. The second-order valence-corrected chi connectivity index (χ2v) is 5.72. The highest BCUT2D eigenvalue weighted by atomic mass is 16.5. The van der Waals surface area contributed by atoms with Gasteiger partial charge in [-0.25, -0.2) is 0 Å². The van der Waals surface area contributed by atoms with Gasteiger partial charge in [-0.2, -0.15) is 0 Å². The molecule has 1 unspecified atom stereocenters. The quantitative estimate of drug-likeness (QED) is 0.478. The Hall–Kier alpha value is -3.08. The number of fused-ring (bicyclic) bond motifs is 1. The smallest absolute Gasteiger partial charge is 0.331 e. The third-order valence-electron chi connectivity index (χ3n) is 4.44. The summed E-state index contributed by atoms with van der Waals surface area (Å²) in [6.45, 7) is 3.59. The molecule has 1 amide bonds. The fourth-order valence-electron chi connectivity index (χ4n) is 3.32. The van der Waals surface area contributed by atoms with Gasteiger partial charge in [0.1, 0.15) is 12.4 Å². The fraction of sp³-hybridized carbons (Fsp3) is 0.200. The number of carbonyl (C=O) groups is 2. The van der Waals surface area contributed by atoms with Crippen molar-refractivity contribution in [3.05, 3.63) is 72.3 Å². The van der Waals surface area contributed by atoms with E-state index in [1.54, 1.807) is 43.4 Å². The van der Waals surface area contributed by atoms with Crippen LogP contribution in [0.2, 0.25) is 0 Å². The Kier molecular flexibility index (Phi) is 4.31. The zero-order valence-corrected chi connectivity index (χ0v) is 14.2. The molecule has 1 heterocycles. The van der Waals surface area contributed by atoms with E-state index in [0.29, 0.717) is 22.6 Å². The van der Waals surface area contributed by atoms with Gasteiger partial charge in [0.2, 0.25) is 5.41 Å². The average molecular weight is 337 g/mol. The molecule has 0 aromatic heterocycles. The minimum absolute atomic E-state index is 0.0227. The monoisotopic (exact) mass is 337 g/mol. The summed E-state index contributed by atoms with van der Waals surface area (Å²) >= 11 is 0. The zero-order chi connectivity index (χ0) is 18.0. The summed E-state index contributed by atoms with van der Waals surface area (Å²) < 4.78 is 10.8. The molecule has 5 nitrogen and oxygen atoms in total. The highest BCUT2D eigenvalue weighted by molar-refractivity contribution is 6.23. The van der Waals surface area contributed by atoms with Crippen LogP contribution in [-0.2, 0) is 19.7 Å². The summed E-state index contributed by atoms with van der Waals surface area (Å²) in [5.41, 5.74) is 0.129. The van der Waals surface area contributed by atoms with Crippen molar-refractivity contribution in [3.8, 4) is 5.75 Å². The van der Waals surface area contributed by atoms with Crippen LogP contribution in [0.15, 0.2) is 61.2 Å². The Labute approximate surface area is 146 Å². The number of rotatable bonds is 5. The van der Waals surface area contributed by atoms with Crippen LogP contribution in [0.4, 0.5) is 5.69 Å². The van der Waals surface area contributed by atoms with E-state index < -0.39 is 11.4 Å². The van der Waals surface area contributed by atoms with Gasteiger partial charge in [0.25, 0.3) is 5.91 Å². The molecule has 1 aliphatic rings. The Morgan fingerprint density at radius 3 is 2.48 bits per heavy atom. The van der Waals surface area contributed by atoms with Gasteiger partial charge in [0, 0.05) is 23.9 Å². The van der Waals surface area contributed by atoms with Crippen molar-refractivity contribution in [3.63, 3.8) is 0 Å². The standard InChI is InChI=1S/C20H19NO4/c1-4-13-25-19(23)20(15-10-6-8-12-17(15)24-3)14-9-5-7-11-16(14)21(2)18(20)22/h4-12H,1,13H2,2-3H3. The summed E-state index contributed by atoms with van der Waals surface area (Å²) in [7, 11) is 3.16. The molecule has 0 fully saturated rings. The van der Waals surface area contributed by atoms with E-state index in [0.717, 1.165) is 0 Å². The Bertz CT molecular complexity index is 845. The molecule has 0 spiro atoms. The first-order valence-corrected chi connectivity index (χ1v) is 7.88. The van der Waals surface area contributed by atoms with Gasteiger partial charge in [-0.1, -0.05) is 49.1 Å². The van der Waals surface area contributed by atoms with Gasteiger partial charge in [-0.15, -0.1) is 0 Å². The molecule has 0 radical (unpaired) electrons. The van der Waals surface area contributed by atoms with Gasteiger partial charge >= 0.3 is 5.97 Å². The van der Waals surface area contributed by atoms with Crippen LogP contribution < -0.4 is 9.64 Å². The SMILES string of the molecule is C=CCOC(=O)C1(c2ccccc2OC)C(=O)N(C)c2ccccc21. The zero-order valence-electron chi connectivity index (χ0n) is 14.2. The number of hydrogen-bond acceptors (Lipinski definition) is 4. The van der Waals surface area contributed by atoms with Crippen molar-refractivity contribution in [1.29, 1.82) is 0 Å². The number of anilines is 1. The molecule has 2 aromatic carbocycles. The third kappa shape index (κ3) is 2.31. The maximum Gasteiger partial charge on any atom is 0.331 e. The van der Waals surface area contributed by atoms with Crippen molar-refractivity contribution in [1.82, 2.24) is 0 Å².